The first-order chi connectivity index (χ1) is 14.5. The molecule has 0 spiro atoms. The van der Waals surface area contributed by atoms with Gasteiger partial charge in [0.15, 0.2) is 0 Å². The van der Waals surface area contributed by atoms with E-state index in [1.165, 1.54) is 31.4 Å². The molecule has 2 saturated heterocycles. The molecule has 0 bridgehead atoms. The number of benzene rings is 1. The Kier molecular flexibility index (Phi) is 5.78. The maximum absolute atomic E-state index is 12.8. The van der Waals surface area contributed by atoms with Crippen LogP contribution in [0.5, 0.6) is 0 Å². The van der Waals surface area contributed by atoms with Crippen molar-refractivity contribution in [3.05, 3.63) is 51.7 Å². The summed E-state index contributed by atoms with van der Waals surface area (Å²) in [4.78, 5) is 38.9. The van der Waals surface area contributed by atoms with Crippen LogP contribution in [0.1, 0.15) is 35.3 Å². The van der Waals surface area contributed by atoms with Crippen LogP contribution in [0.2, 0.25) is 0 Å². The number of anilines is 2. The molecule has 2 aliphatic rings. The molecule has 0 saturated carbocycles. The van der Waals surface area contributed by atoms with Gasteiger partial charge in [-0.2, -0.15) is 4.98 Å². The van der Waals surface area contributed by atoms with Gasteiger partial charge in [-0.05, 0) is 32.3 Å². The van der Waals surface area contributed by atoms with E-state index in [0.717, 1.165) is 30.5 Å². The summed E-state index contributed by atoms with van der Waals surface area (Å²) in [5.41, 5.74) is 1.22. The van der Waals surface area contributed by atoms with Crippen LogP contribution in [-0.4, -0.2) is 65.0 Å². The average molecular weight is 410 g/mol. The van der Waals surface area contributed by atoms with E-state index in [4.69, 9.17) is 4.98 Å². The second kappa shape index (κ2) is 8.64. The van der Waals surface area contributed by atoms with Gasteiger partial charge in [0.1, 0.15) is 5.82 Å². The van der Waals surface area contributed by atoms with Crippen molar-refractivity contribution < 1.29 is 9.72 Å². The fourth-order valence-electron chi connectivity index (χ4n) is 4.01. The number of nitro benzene ring substituents is 1. The van der Waals surface area contributed by atoms with Gasteiger partial charge >= 0.3 is 0 Å². The minimum Gasteiger partial charge on any atom is -0.353 e. The van der Waals surface area contributed by atoms with Gasteiger partial charge in [0, 0.05) is 68.7 Å². The standard InChI is InChI=1S/C21H26N6O3/c1-16-14-19(23-21(22-16)26-8-3-2-4-9-26)24-10-12-25(13-11-24)20(28)17-6-5-7-18(15-17)27(29)30/h5-7,14-15H,2-4,8-13H2,1H3. The summed E-state index contributed by atoms with van der Waals surface area (Å²) in [6, 6.07) is 7.90. The van der Waals surface area contributed by atoms with Crippen molar-refractivity contribution in [2.75, 3.05) is 49.1 Å². The summed E-state index contributed by atoms with van der Waals surface area (Å²) >= 11 is 0. The number of aryl methyl sites for hydroxylation is 1. The third-order valence-electron chi connectivity index (χ3n) is 5.66. The molecule has 2 fully saturated rings. The van der Waals surface area contributed by atoms with Crippen LogP contribution in [0.15, 0.2) is 30.3 Å². The Hall–Kier alpha value is -3.23. The number of amides is 1. The SMILES string of the molecule is Cc1cc(N2CCN(C(=O)c3cccc([N+](=O)[O-])c3)CC2)nc(N2CCCCC2)n1. The van der Waals surface area contributed by atoms with Crippen LogP contribution in [-0.2, 0) is 0 Å². The number of piperidine rings is 1. The van der Waals surface area contributed by atoms with E-state index in [1.54, 1.807) is 17.0 Å². The number of nitrogens with zero attached hydrogens (tertiary/aromatic N) is 6. The summed E-state index contributed by atoms with van der Waals surface area (Å²) < 4.78 is 0. The van der Waals surface area contributed by atoms with Gasteiger partial charge in [-0.3, -0.25) is 14.9 Å². The van der Waals surface area contributed by atoms with Crippen LogP contribution in [0.4, 0.5) is 17.5 Å². The Morgan fingerprint density at radius 2 is 1.70 bits per heavy atom. The summed E-state index contributed by atoms with van der Waals surface area (Å²) in [5, 5.41) is 11.0. The Labute approximate surface area is 175 Å². The highest BCUT2D eigenvalue weighted by atomic mass is 16.6. The maximum atomic E-state index is 12.8. The van der Waals surface area contributed by atoms with Gasteiger partial charge in [0.25, 0.3) is 11.6 Å². The minimum atomic E-state index is -0.480. The predicted molar refractivity (Wildman–Crippen MR) is 114 cm³/mol. The van der Waals surface area contributed by atoms with Crippen LogP contribution in [0, 0.1) is 17.0 Å². The van der Waals surface area contributed by atoms with Gasteiger partial charge in [0.2, 0.25) is 5.95 Å². The molecular formula is C21H26N6O3. The normalized spacial score (nSPS) is 17.2. The van der Waals surface area contributed by atoms with Crippen LogP contribution >= 0.6 is 0 Å². The quantitative estimate of drug-likeness (QED) is 0.565. The van der Waals surface area contributed by atoms with Gasteiger partial charge in [-0.1, -0.05) is 6.07 Å². The summed E-state index contributed by atoms with van der Waals surface area (Å²) in [7, 11) is 0. The minimum absolute atomic E-state index is 0.0683. The second-order valence-electron chi connectivity index (χ2n) is 7.80. The molecule has 0 aliphatic carbocycles. The smallest absolute Gasteiger partial charge is 0.270 e. The predicted octanol–water partition coefficient (Wildman–Crippen LogP) is 2.65. The lowest BCUT2D eigenvalue weighted by Gasteiger charge is -2.36. The second-order valence-corrected chi connectivity index (χ2v) is 7.80. The lowest BCUT2D eigenvalue weighted by atomic mass is 10.1. The number of carbonyl (C=O) groups is 1. The summed E-state index contributed by atoms with van der Waals surface area (Å²) in [6.07, 6.45) is 3.60. The molecule has 158 valence electrons. The number of piperazine rings is 1. The number of non-ortho nitro benzene ring substituents is 1. The molecule has 0 unspecified atom stereocenters. The molecule has 3 heterocycles. The molecule has 9 nitrogen and oxygen atoms in total. The number of rotatable bonds is 4. The van der Waals surface area contributed by atoms with Gasteiger partial charge in [0.05, 0.1) is 4.92 Å². The zero-order valence-corrected chi connectivity index (χ0v) is 17.2. The van der Waals surface area contributed by atoms with Gasteiger partial charge in [-0.15, -0.1) is 0 Å². The molecule has 1 amide bonds. The van der Waals surface area contributed by atoms with Crippen LogP contribution in [0.25, 0.3) is 0 Å². The topological polar surface area (TPSA) is 95.7 Å². The Morgan fingerprint density at radius 3 is 2.40 bits per heavy atom. The highest BCUT2D eigenvalue weighted by Crippen LogP contribution is 2.22. The van der Waals surface area contributed by atoms with Crippen LogP contribution < -0.4 is 9.80 Å². The van der Waals surface area contributed by atoms with Crippen molar-refractivity contribution in [3.63, 3.8) is 0 Å². The number of carbonyl (C=O) groups excluding carboxylic acids is 1. The van der Waals surface area contributed by atoms with Crippen molar-refractivity contribution in [2.45, 2.75) is 26.2 Å². The molecule has 0 atom stereocenters. The first kappa shape index (κ1) is 20.1. The molecule has 1 aromatic heterocycles. The number of hydrogen-bond acceptors (Lipinski definition) is 7. The lowest BCUT2D eigenvalue weighted by Crippen LogP contribution is -2.49. The first-order valence-corrected chi connectivity index (χ1v) is 10.4. The molecule has 0 N–H and O–H groups in total. The molecule has 1 aromatic carbocycles. The Morgan fingerprint density at radius 1 is 0.967 bits per heavy atom. The molecule has 2 aliphatic heterocycles. The van der Waals surface area contributed by atoms with Crippen molar-refractivity contribution in [1.29, 1.82) is 0 Å². The van der Waals surface area contributed by atoms with E-state index in [0.29, 0.717) is 31.7 Å². The fraction of sp³-hybridized carbons (Fsp3) is 0.476. The Balaban J connectivity index is 1.43. The van der Waals surface area contributed by atoms with E-state index in [2.05, 4.69) is 14.8 Å². The maximum Gasteiger partial charge on any atom is 0.270 e. The monoisotopic (exact) mass is 410 g/mol. The largest absolute Gasteiger partial charge is 0.353 e. The molecule has 0 radical (unpaired) electrons. The third-order valence-corrected chi connectivity index (χ3v) is 5.66. The number of hydrogen-bond donors (Lipinski definition) is 0. The molecule has 9 heteroatoms. The van der Waals surface area contributed by atoms with E-state index >= 15 is 0 Å². The van der Waals surface area contributed by atoms with Crippen LogP contribution in [0.3, 0.4) is 0 Å². The molecule has 30 heavy (non-hydrogen) atoms. The highest BCUT2D eigenvalue weighted by Gasteiger charge is 2.25. The van der Waals surface area contributed by atoms with Crippen molar-refractivity contribution in [1.82, 2.24) is 14.9 Å². The van der Waals surface area contributed by atoms with Crippen molar-refractivity contribution in [2.24, 2.45) is 0 Å². The first-order valence-electron chi connectivity index (χ1n) is 10.4. The van der Waals surface area contributed by atoms with Gasteiger partial charge in [-0.25, -0.2) is 4.98 Å². The lowest BCUT2D eigenvalue weighted by molar-refractivity contribution is -0.384. The van der Waals surface area contributed by atoms with Crippen molar-refractivity contribution in [3.8, 4) is 0 Å². The van der Waals surface area contributed by atoms with E-state index in [9.17, 15) is 14.9 Å². The zero-order valence-electron chi connectivity index (χ0n) is 17.2. The summed E-state index contributed by atoms with van der Waals surface area (Å²) in [5.74, 6) is 1.51. The zero-order chi connectivity index (χ0) is 21.1. The molecule has 4 rings (SSSR count). The molecule has 2 aromatic rings. The highest BCUT2D eigenvalue weighted by molar-refractivity contribution is 5.95. The van der Waals surface area contributed by atoms with Crippen molar-refractivity contribution >= 4 is 23.4 Å². The van der Waals surface area contributed by atoms with E-state index < -0.39 is 4.92 Å². The molecular weight excluding hydrogens is 384 g/mol. The summed E-state index contributed by atoms with van der Waals surface area (Å²) in [6.45, 7) is 6.39. The third kappa shape index (κ3) is 4.34. The van der Waals surface area contributed by atoms with Gasteiger partial charge < -0.3 is 14.7 Å². The van der Waals surface area contributed by atoms with E-state index in [-0.39, 0.29) is 11.6 Å². The number of aromatic nitrogens is 2. The average Bonchev–Trinajstić information content (AvgIpc) is 2.79. The number of nitro groups is 1. The Bertz CT molecular complexity index is 936. The van der Waals surface area contributed by atoms with E-state index in [1.807, 2.05) is 13.0 Å². The fourth-order valence-corrected chi connectivity index (χ4v) is 4.01.